The average Bonchev–Trinajstić information content (AvgIpc) is 3.09. The topological polar surface area (TPSA) is 47.0 Å². The highest BCUT2D eigenvalue weighted by Gasteiger charge is 2.13. The Morgan fingerprint density at radius 1 is 1.04 bits per heavy atom. The van der Waals surface area contributed by atoms with Crippen molar-refractivity contribution in [3.63, 3.8) is 0 Å². The molecule has 0 aliphatic rings. The number of nitrogens with zero attached hydrogens (tertiary/aromatic N) is 2. The Bertz CT molecular complexity index is 1050. The van der Waals surface area contributed by atoms with Crippen LogP contribution in [-0.4, -0.2) is 16.6 Å². The van der Waals surface area contributed by atoms with Crippen molar-refractivity contribution in [3.8, 4) is 16.5 Å². The lowest BCUT2D eigenvalue weighted by atomic mass is 10.2. The molecular formula is C20H16ClN3OS. The van der Waals surface area contributed by atoms with E-state index in [9.17, 15) is 0 Å². The number of halogens is 1. The molecule has 0 amide bonds. The molecule has 0 aliphatic heterocycles. The van der Waals surface area contributed by atoms with Gasteiger partial charge in [0.2, 0.25) is 0 Å². The lowest BCUT2D eigenvalue weighted by molar-refractivity contribution is 0.340. The summed E-state index contributed by atoms with van der Waals surface area (Å²) in [6.07, 6.45) is 0. The number of para-hydroxylation sites is 1. The fourth-order valence-electron chi connectivity index (χ4n) is 2.66. The first kappa shape index (κ1) is 16.8. The smallest absolute Gasteiger partial charge is 0.173 e. The summed E-state index contributed by atoms with van der Waals surface area (Å²) in [5.41, 5.74) is 1.80. The molecule has 2 aromatic carbocycles. The van der Waals surface area contributed by atoms with Crippen LogP contribution in [0.1, 0.15) is 6.92 Å². The van der Waals surface area contributed by atoms with Crippen molar-refractivity contribution in [1.29, 1.82) is 0 Å². The molecule has 0 fully saturated rings. The molecule has 26 heavy (non-hydrogen) atoms. The van der Waals surface area contributed by atoms with E-state index in [1.54, 1.807) is 0 Å². The monoisotopic (exact) mass is 381 g/mol. The summed E-state index contributed by atoms with van der Waals surface area (Å²) in [6.45, 7) is 2.62. The van der Waals surface area contributed by atoms with Gasteiger partial charge in [-0.05, 0) is 54.8 Å². The van der Waals surface area contributed by atoms with Gasteiger partial charge < -0.3 is 10.1 Å². The first-order valence-electron chi connectivity index (χ1n) is 8.24. The number of thiophene rings is 1. The highest BCUT2D eigenvalue weighted by molar-refractivity contribution is 7.14. The summed E-state index contributed by atoms with van der Waals surface area (Å²) in [7, 11) is 0. The fraction of sp³-hybridized carbons (Fsp3) is 0.100. The summed E-state index contributed by atoms with van der Waals surface area (Å²) >= 11 is 7.81. The van der Waals surface area contributed by atoms with Gasteiger partial charge in [0.25, 0.3) is 0 Å². The number of hydrogen-bond acceptors (Lipinski definition) is 5. The fourth-order valence-corrected chi connectivity index (χ4v) is 3.74. The molecular weight excluding hydrogens is 366 g/mol. The molecule has 0 saturated carbocycles. The van der Waals surface area contributed by atoms with Gasteiger partial charge in [0.05, 0.1) is 22.0 Å². The minimum atomic E-state index is 0.622. The number of fused-ring (bicyclic) bond motifs is 1. The van der Waals surface area contributed by atoms with Crippen LogP contribution < -0.4 is 10.1 Å². The quantitative estimate of drug-likeness (QED) is 0.450. The number of nitrogens with one attached hydrogen (secondary N) is 1. The molecule has 0 unspecified atom stereocenters. The van der Waals surface area contributed by atoms with Crippen LogP contribution in [0.2, 0.25) is 5.02 Å². The van der Waals surface area contributed by atoms with Gasteiger partial charge in [0.15, 0.2) is 5.82 Å². The number of benzene rings is 2. The van der Waals surface area contributed by atoms with Crippen molar-refractivity contribution in [2.75, 3.05) is 11.9 Å². The van der Waals surface area contributed by atoms with E-state index in [1.807, 2.05) is 66.9 Å². The second kappa shape index (κ2) is 7.32. The lowest BCUT2D eigenvalue weighted by Crippen LogP contribution is -1.99. The minimum Gasteiger partial charge on any atom is -0.494 e. The summed E-state index contributed by atoms with van der Waals surface area (Å²) < 4.78 is 5.50. The van der Waals surface area contributed by atoms with Gasteiger partial charge in [0, 0.05) is 11.1 Å². The standard InChI is InChI=1S/C20H16ClN3OS/c1-2-25-14-9-7-13(8-10-14)22-19-15-5-3-4-6-17(15)23-20(24-19)18-16(21)11-12-26-18/h3-12H,2H2,1H3,(H,22,23,24). The van der Waals surface area contributed by atoms with E-state index < -0.39 is 0 Å². The summed E-state index contributed by atoms with van der Waals surface area (Å²) in [5.74, 6) is 2.22. The van der Waals surface area contributed by atoms with Gasteiger partial charge in [-0.25, -0.2) is 9.97 Å². The van der Waals surface area contributed by atoms with Crippen LogP contribution in [-0.2, 0) is 0 Å². The van der Waals surface area contributed by atoms with E-state index in [2.05, 4.69) is 10.3 Å². The zero-order valence-electron chi connectivity index (χ0n) is 14.1. The lowest BCUT2D eigenvalue weighted by Gasteiger charge is -2.11. The van der Waals surface area contributed by atoms with Gasteiger partial charge >= 0.3 is 0 Å². The maximum absolute atomic E-state index is 6.28. The van der Waals surface area contributed by atoms with Gasteiger partial charge in [-0.1, -0.05) is 23.7 Å². The van der Waals surface area contributed by atoms with Gasteiger partial charge in [-0.2, -0.15) is 0 Å². The number of rotatable bonds is 5. The predicted octanol–water partition coefficient (Wildman–Crippen LogP) is 6.15. The molecule has 2 aromatic heterocycles. The molecule has 6 heteroatoms. The van der Waals surface area contributed by atoms with Crippen LogP contribution in [0.3, 0.4) is 0 Å². The largest absolute Gasteiger partial charge is 0.494 e. The van der Waals surface area contributed by atoms with Crippen molar-refractivity contribution in [1.82, 2.24) is 9.97 Å². The SMILES string of the molecule is CCOc1ccc(Nc2nc(-c3sccc3Cl)nc3ccccc23)cc1. The van der Waals surface area contributed by atoms with E-state index in [1.165, 1.54) is 11.3 Å². The van der Waals surface area contributed by atoms with Crippen LogP contribution >= 0.6 is 22.9 Å². The van der Waals surface area contributed by atoms with Crippen LogP contribution in [0.25, 0.3) is 21.6 Å². The number of aromatic nitrogens is 2. The second-order valence-corrected chi connectivity index (χ2v) is 6.92. The third-order valence-electron chi connectivity index (χ3n) is 3.85. The van der Waals surface area contributed by atoms with Gasteiger partial charge in [0.1, 0.15) is 11.6 Å². The van der Waals surface area contributed by atoms with E-state index in [0.29, 0.717) is 17.5 Å². The van der Waals surface area contributed by atoms with Crippen LogP contribution in [0.5, 0.6) is 5.75 Å². The van der Waals surface area contributed by atoms with E-state index in [-0.39, 0.29) is 0 Å². The van der Waals surface area contributed by atoms with E-state index in [0.717, 1.165) is 33.0 Å². The van der Waals surface area contributed by atoms with Crippen molar-refractivity contribution in [2.45, 2.75) is 6.92 Å². The third kappa shape index (κ3) is 3.36. The maximum atomic E-state index is 6.28. The average molecular weight is 382 g/mol. The molecule has 4 rings (SSSR count). The molecule has 2 heterocycles. The predicted molar refractivity (Wildman–Crippen MR) is 109 cm³/mol. The molecule has 0 aliphatic carbocycles. The van der Waals surface area contributed by atoms with Crippen molar-refractivity contribution >= 4 is 45.3 Å². The molecule has 0 atom stereocenters. The molecule has 0 spiro atoms. The molecule has 4 aromatic rings. The minimum absolute atomic E-state index is 0.622. The Morgan fingerprint density at radius 3 is 2.58 bits per heavy atom. The third-order valence-corrected chi connectivity index (χ3v) is 5.19. The Balaban J connectivity index is 1.76. The van der Waals surface area contributed by atoms with Crippen molar-refractivity contribution in [3.05, 3.63) is 65.0 Å². The summed E-state index contributed by atoms with van der Waals surface area (Å²) in [5, 5.41) is 6.95. The Morgan fingerprint density at radius 2 is 1.85 bits per heavy atom. The van der Waals surface area contributed by atoms with Gasteiger partial charge in [-0.15, -0.1) is 11.3 Å². The second-order valence-electron chi connectivity index (χ2n) is 5.59. The zero-order chi connectivity index (χ0) is 17.9. The van der Waals surface area contributed by atoms with Gasteiger partial charge in [-0.3, -0.25) is 0 Å². The molecule has 4 nitrogen and oxygen atoms in total. The Kier molecular flexibility index (Phi) is 4.73. The molecule has 0 saturated heterocycles. The number of anilines is 2. The van der Waals surface area contributed by atoms with Crippen LogP contribution in [0.15, 0.2) is 60.0 Å². The van der Waals surface area contributed by atoms with Crippen LogP contribution in [0, 0.1) is 0 Å². The number of ether oxygens (including phenoxy) is 1. The normalized spacial score (nSPS) is 10.8. The first-order valence-corrected chi connectivity index (χ1v) is 9.50. The Labute approximate surface area is 160 Å². The van der Waals surface area contributed by atoms with Crippen molar-refractivity contribution in [2.24, 2.45) is 0 Å². The highest BCUT2D eigenvalue weighted by Crippen LogP contribution is 2.34. The number of hydrogen-bond donors (Lipinski definition) is 1. The summed E-state index contributed by atoms with van der Waals surface area (Å²) in [4.78, 5) is 10.3. The van der Waals surface area contributed by atoms with E-state index >= 15 is 0 Å². The molecule has 130 valence electrons. The molecule has 0 radical (unpaired) electrons. The zero-order valence-corrected chi connectivity index (χ0v) is 15.6. The maximum Gasteiger partial charge on any atom is 0.173 e. The summed E-state index contributed by atoms with van der Waals surface area (Å²) in [6, 6.07) is 17.6. The molecule has 1 N–H and O–H groups in total. The Hall–Kier alpha value is -2.63. The first-order chi connectivity index (χ1) is 12.7. The van der Waals surface area contributed by atoms with E-state index in [4.69, 9.17) is 21.3 Å². The van der Waals surface area contributed by atoms with Crippen LogP contribution in [0.4, 0.5) is 11.5 Å². The van der Waals surface area contributed by atoms with Crippen molar-refractivity contribution < 1.29 is 4.74 Å². The highest BCUT2D eigenvalue weighted by atomic mass is 35.5. The molecule has 0 bridgehead atoms.